The van der Waals surface area contributed by atoms with Gasteiger partial charge in [-0.25, -0.2) is 9.97 Å². The van der Waals surface area contributed by atoms with Crippen LogP contribution in [0.4, 0.5) is 11.4 Å². The first kappa shape index (κ1) is 41.9. The molecular weight excluding hydrogens is 713 g/mol. The Morgan fingerprint density at radius 1 is 0.860 bits per heavy atom. The van der Waals surface area contributed by atoms with Gasteiger partial charge >= 0.3 is 0 Å². The predicted octanol–water partition coefficient (Wildman–Crippen LogP) is 8.25. The molecule has 2 aromatic heterocycles. The fourth-order valence-electron chi connectivity index (χ4n) is 10.1. The van der Waals surface area contributed by atoms with Gasteiger partial charge in [-0.15, -0.1) is 0 Å². The number of fused-ring (bicyclic) bond motifs is 4. The van der Waals surface area contributed by atoms with Crippen molar-refractivity contribution in [3.8, 4) is 11.1 Å². The standard InChI is InChI=1S/C34H45N5.C11H17N3O.CH2O2/c1-23-26(9-7-11-28(23)35-5)27-10-8-12-29(24(27)2)36-25(3)32-37-30-21-39(19-13-31(30)38(32)6)20-18-34-16-14-33(4,22-34)15-17-34;1-3-5-14-6-4-10-9(7-14)12-11(8-15)13(10)2;2-1-3/h7-12,35-36H,3,13-22H2,1-2,4-6H3;8H,3-7H2,1-2H3;1H,(H,2,3). The number of aldehydes is 1. The quantitative estimate of drug-likeness (QED) is 0.129. The van der Waals surface area contributed by atoms with Gasteiger partial charge in [0, 0.05) is 82.9 Å². The van der Waals surface area contributed by atoms with Crippen LogP contribution in [0.3, 0.4) is 0 Å². The number of hydrogen-bond donors (Lipinski definition) is 3. The lowest BCUT2D eigenvalue weighted by Gasteiger charge is -2.32. The van der Waals surface area contributed by atoms with Crippen molar-refractivity contribution in [2.75, 3.05) is 43.9 Å². The Labute approximate surface area is 339 Å². The van der Waals surface area contributed by atoms with Gasteiger partial charge in [0.05, 0.1) is 17.1 Å². The van der Waals surface area contributed by atoms with E-state index in [4.69, 9.17) is 14.9 Å². The van der Waals surface area contributed by atoms with E-state index in [-0.39, 0.29) is 6.47 Å². The molecule has 2 aliphatic heterocycles. The summed E-state index contributed by atoms with van der Waals surface area (Å²) < 4.78 is 4.19. The Kier molecular flexibility index (Phi) is 13.1. The second kappa shape index (κ2) is 17.8. The molecule has 0 saturated heterocycles. The number of hydrogen-bond acceptors (Lipinski definition) is 8. The van der Waals surface area contributed by atoms with E-state index in [1.54, 1.807) is 0 Å². The third-order valence-electron chi connectivity index (χ3n) is 13.4. The minimum absolute atomic E-state index is 0.250. The highest BCUT2D eigenvalue weighted by molar-refractivity contribution is 5.83. The maximum absolute atomic E-state index is 10.8. The molecule has 2 bridgehead atoms. The Hall–Kier alpha value is -4.74. The van der Waals surface area contributed by atoms with Gasteiger partial charge in [-0.05, 0) is 117 Å². The zero-order valence-electron chi connectivity index (χ0n) is 35.4. The minimum atomic E-state index is -0.250. The van der Waals surface area contributed by atoms with Gasteiger partial charge in [-0.3, -0.25) is 19.4 Å². The van der Waals surface area contributed by atoms with Crippen LogP contribution in [0.25, 0.3) is 16.8 Å². The Morgan fingerprint density at radius 2 is 1.42 bits per heavy atom. The van der Waals surface area contributed by atoms with E-state index in [1.807, 2.05) is 18.7 Å². The molecule has 2 fully saturated rings. The lowest BCUT2D eigenvalue weighted by atomic mass is 9.80. The third kappa shape index (κ3) is 8.89. The normalized spacial score (nSPS) is 21.0. The summed E-state index contributed by atoms with van der Waals surface area (Å²) in [5, 5.41) is 13.8. The molecule has 306 valence electrons. The number of rotatable bonds is 11. The Morgan fingerprint density at radius 3 is 1.98 bits per heavy atom. The van der Waals surface area contributed by atoms with Crippen LogP contribution in [0.15, 0.2) is 43.0 Å². The van der Waals surface area contributed by atoms with Crippen LogP contribution in [0.1, 0.15) is 109 Å². The monoisotopic (exact) mass is 777 g/mol. The smallest absolute Gasteiger partial charge is 0.290 e. The molecule has 2 aromatic carbocycles. The molecule has 11 heteroatoms. The van der Waals surface area contributed by atoms with E-state index in [0.29, 0.717) is 16.7 Å². The molecule has 8 rings (SSSR count). The SMILES string of the molecule is C=C(Nc1cccc(-c2cccc(NC)c2C)c1C)c1nc2c(n1C)CCN(CCC13CCC(C)(CC1)C3)C2.CCCN1CCc2c(nc(C=O)n2C)C1.O=CO. The van der Waals surface area contributed by atoms with Crippen LogP contribution in [-0.4, -0.2) is 80.0 Å². The molecule has 4 aliphatic rings. The van der Waals surface area contributed by atoms with Crippen molar-refractivity contribution in [3.05, 3.63) is 88.5 Å². The van der Waals surface area contributed by atoms with Gasteiger partial charge in [-0.2, -0.15) is 0 Å². The number of carbonyl (C=O) groups excluding carboxylic acids is 1. The highest BCUT2D eigenvalue weighted by Crippen LogP contribution is 2.62. The summed E-state index contributed by atoms with van der Waals surface area (Å²) in [6.45, 7) is 19.6. The number of nitrogens with zero attached hydrogens (tertiary/aromatic N) is 6. The summed E-state index contributed by atoms with van der Waals surface area (Å²) in [7, 11) is 6.05. The number of benzene rings is 2. The van der Waals surface area contributed by atoms with Gasteiger partial charge in [0.15, 0.2) is 17.9 Å². The molecule has 4 aromatic rings. The third-order valence-corrected chi connectivity index (χ3v) is 13.4. The summed E-state index contributed by atoms with van der Waals surface area (Å²) >= 11 is 0. The number of nitrogens with one attached hydrogen (secondary N) is 2. The van der Waals surface area contributed by atoms with Gasteiger partial charge < -0.3 is 24.9 Å². The van der Waals surface area contributed by atoms with E-state index in [9.17, 15) is 4.79 Å². The average molecular weight is 777 g/mol. The lowest BCUT2D eigenvalue weighted by Crippen LogP contribution is -2.34. The molecule has 0 atom stereocenters. The van der Waals surface area contributed by atoms with E-state index < -0.39 is 0 Å². The van der Waals surface area contributed by atoms with Crippen LogP contribution < -0.4 is 10.6 Å². The summed E-state index contributed by atoms with van der Waals surface area (Å²) in [6, 6.07) is 12.9. The topological polar surface area (TPSA) is 121 Å². The number of aromatic nitrogens is 4. The van der Waals surface area contributed by atoms with E-state index in [0.717, 1.165) is 80.4 Å². The molecule has 4 heterocycles. The number of imidazole rings is 2. The summed E-state index contributed by atoms with van der Waals surface area (Å²) in [4.78, 5) is 33.6. The molecule has 3 N–H and O–H groups in total. The van der Waals surface area contributed by atoms with Crippen LogP contribution in [0.5, 0.6) is 0 Å². The van der Waals surface area contributed by atoms with Gasteiger partial charge in [-0.1, -0.05) is 44.7 Å². The molecule has 0 radical (unpaired) electrons. The molecular formula is C46H64N8O3. The van der Waals surface area contributed by atoms with Crippen molar-refractivity contribution in [1.82, 2.24) is 28.9 Å². The first-order chi connectivity index (χ1) is 27.4. The van der Waals surface area contributed by atoms with E-state index in [2.05, 4.69) is 108 Å². The van der Waals surface area contributed by atoms with Crippen LogP contribution in [0.2, 0.25) is 0 Å². The summed E-state index contributed by atoms with van der Waals surface area (Å²) in [5.41, 5.74) is 14.2. The largest absolute Gasteiger partial charge is 0.483 e. The van der Waals surface area contributed by atoms with Crippen LogP contribution in [-0.2, 0) is 44.8 Å². The second-order valence-corrected chi connectivity index (χ2v) is 17.1. The molecule has 2 saturated carbocycles. The van der Waals surface area contributed by atoms with Gasteiger partial charge in [0.2, 0.25) is 0 Å². The van der Waals surface area contributed by atoms with E-state index >= 15 is 0 Å². The van der Waals surface area contributed by atoms with Crippen molar-refractivity contribution >= 4 is 29.8 Å². The molecule has 2 aliphatic carbocycles. The molecule has 11 nitrogen and oxygen atoms in total. The van der Waals surface area contributed by atoms with Gasteiger partial charge in [0.25, 0.3) is 6.47 Å². The van der Waals surface area contributed by atoms with Crippen molar-refractivity contribution in [1.29, 1.82) is 0 Å². The van der Waals surface area contributed by atoms with Crippen molar-refractivity contribution in [2.24, 2.45) is 24.9 Å². The molecule has 0 spiro atoms. The lowest BCUT2D eigenvalue weighted by molar-refractivity contribution is -0.122. The fraction of sp³-hybridized carbons (Fsp3) is 0.522. The Balaban J connectivity index is 0.000000254. The average Bonchev–Trinajstić information content (AvgIpc) is 3.93. The van der Waals surface area contributed by atoms with Gasteiger partial charge in [0.1, 0.15) is 0 Å². The number of anilines is 2. The molecule has 0 amide bonds. The minimum Gasteiger partial charge on any atom is -0.483 e. The first-order valence-electron chi connectivity index (χ1n) is 20.8. The first-order valence-corrected chi connectivity index (χ1v) is 20.8. The zero-order chi connectivity index (χ0) is 40.9. The van der Waals surface area contributed by atoms with Crippen molar-refractivity contribution < 1.29 is 14.7 Å². The van der Waals surface area contributed by atoms with Crippen molar-refractivity contribution in [3.63, 3.8) is 0 Å². The maximum atomic E-state index is 10.8. The van der Waals surface area contributed by atoms with E-state index in [1.165, 1.54) is 90.8 Å². The highest BCUT2D eigenvalue weighted by atomic mass is 16.3. The van der Waals surface area contributed by atoms with Crippen LogP contribution in [0, 0.1) is 24.7 Å². The Bertz CT molecular complexity index is 2070. The van der Waals surface area contributed by atoms with Crippen molar-refractivity contribution in [2.45, 2.75) is 98.6 Å². The molecule has 0 unspecified atom stereocenters. The summed E-state index contributed by atoms with van der Waals surface area (Å²) in [5.74, 6) is 1.50. The number of carboxylic acid groups (broad SMARTS) is 1. The zero-order valence-corrected chi connectivity index (χ0v) is 35.4. The summed E-state index contributed by atoms with van der Waals surface area (Å²) in [6.07, 6.45) is 12.7. The highest BCUT2D eigenvalue weighted by Gasteiger charge is 2.51. The maximum Gasteiger partial charge on any atom is 0.290 e. The van der Waals surface area contributed by atoms with Crippen LogP contribution >= 0.6 is 0 Å². The number of carbonyl (C=O) groups is 2. The second-order valence-electron chi connectivity index (χ2n) is 17.1. The predicted molar refractivity (Wildman–Crippen MR) is 231 cm³/mol. The fourth-order valence-corrected chi connectivity index (χ4v) is 10.1. The molecule has 57 heavy (non-hydrogen) atoms.